The van der Waals surface area contributed by atoms with Gasteiger partial charge in [-0.1, -0.05) is 176 Å². The van der Waals surface area contributed by atoms with E-state index in [1.165, 1.54) is 86.6 Å². The lowest BCUT2D eigenvalue weighted by Gasteiger charge is -2.26. The number of hydrogen-bond acceptors (Lipinski definition) is 2. The molecule has 11 aromatic rings. The Bertz CT molecular complexity index is 3230. The third-order valence-corrected chi connectivity index (χ3v) is 12.9. The molecule has 2 heteroatoms. The number of hydrogen-bond donors (Lipinski definition) is 0. The van der Waals surface area contributed by atoms with Crippen LogP contribution in [0.5, 0.6) is 0 Å². The molecule has 0 N–H and O–H groups in total. The first kappa shape index (κ1) is 35.6. The van der Waals surface area contributed by atoms with E-state index in [1.807, 2.05) is 11.3 Å². The standard InChI is InChI=1S/C58H39NS/c1-3-14-40(15-4-1)46-36-47(41-16-5-2-6-17-41)38-48(37-46)42-28-32-49(33-29-42)59(51-21-11-20-45(39-51)53-24-12-19-43-18-7-8-22-52(43)53)50-34-30-44(31-35-50)54-25-13-26-56-55-23-9-10-27-57(55)60-58(54)56/h1-39H. The molecule has 0 amide bonds. The van der Waals surface area contributed by atoms with Crippen LogP contribution in [0, 0.1) is 0 Å². The maximum Gasteiger partial charge on any atom is 0.0467 e. The van der Waals surface area contributed by atoms with Crippen molar-refractivity contribution < 1.29 is 0 Å². The van der Waals surface area contributed by atoms with E-state index in [4.69, 9.17) is 0 Å². The summed E-state index contributed by atoms with van der Waals surface area (Å²) in [6.45, 7) is 0. The molecule has 0 bridgehead atoms. The lowest BCUT2D eigenvalue weighted by atomic mass is 9.93. The summed E-state index contributed by atoms with van der Waals surface area (Å²) in [6.07, 6.45) is 0. The molecule has 0 aliphatic rings. The zero-order valence-electron chi connectivity index (χ0n) is 32.9. The van der Waals surface area contributed by atoms with Gasteiger partial charge in [0, 0.05) is 37.2 Å². The molecule has 0 saturated carbocycles. The third kappa shape index (κ3) is 6.63. The molecule has 11 rings (SSSR count). The van der Waals surface area contributed by atoms with Crippen LogP contribution in [0.1, 0.15) is 0 Å². The molecule has 0 unspecified atom stereocenters. The van der Waals surface area contributed by atoms with Gasteiger partial charge in [0.1, 0.15) is 0 Å². The van der Waals surface area contributed by atoms with Crippen LogP contribution in [0.25, 0.3) is 86.6 Å². The summed E-state index contributed by atoms with van der Waals surface area (Å²) in [5.41, 5.74) is 15.4. The Morgan fingerprint density at radius 1 is 0.267 bits per heavy atom. The van der Waals surface area contributed by atoms with Crippen LogP contribution in [0.2, 0.25) is 0 Å². The van der Waals surface area contributed by atoms with Crippen molar-refractivity contribution in [3.8, 4) is 55.6 Å². The molecule has 1 aromatic heterocycles. The van der Waals surface area contributed by atoms with Gasteiger partial charge < -0.3 is 4.90 Å². The fraction of sp³-hybridized carbons (Fsp3) is 0. The molecule has 0 spiro atoms. The zero-order valence-corrected chi connectivity index (χ0v) is 33.7. The highest BCUT2D eigenvalue weighted by Crippen LogP contribution is 2.43. The number of nitrogens with zero attached hydrogens (tertiary/aromatic N) is 1. The van der Waals surface area contributed by atoms with Crippen molar-refractivity contribution in [3.05, 3.63) is 237 Å². The van der Waals surface area contributed by atoms with Crippen LogP contribution in [-0.2, 0) is 0 Å². The van der Waals surface area contributed by atoms with Gasteiger partial charge in [0.25, 0.3) is 0 Å². The van der Waals surface area contributed by atoms with Gasteiger partial charge in [-0.05, 0) is 127 Å². The Kier molecular flexibility index (Phi) is 9.11. The first-order chi connectivity index (χ1) is 29.7. The first-order valence-corrected chi connectivity index (χ1v) is 21.3. The van der Waals surface area contributed by atoms with E-state index >= 15 is 0 Å². The van der Waals surface area contributed by atoms with Crippen molar-refractivity contribution >= 4 is 59.3 Å². The lowest BCUT2D eigenvalue weighted by molar-refractivity contribution is 1.28. The second-order valence-electron chi connectivity index (χ2n) is 15.3. The van der Waals surface area contributed by atoms with Crippen LogP contribution in [-0.4, -0.2) is 0 Å². The van der Waals surface area contributed by atoms with Crippen LogP contribution < -0.4 is 4.90 Å². The fourth-order valence-corrected chi connectivity index (χ4v) is 9.93. The lowest BCUT2D eigenvalue weighted by Crippen LogP contribution is -2.10. The minimum absolute atomic E-state index is 1.09. The molecule has 0 atom stereocenters. The predicted octanol–water partition coefficient (Wildman–Crippen LogP) is 17.0. The average Bonchev–Trinajstić information content (AvgIpc) is 3.72. The van der Waals surface area contributed by atoms with Crippen molar-refractivity contribution in [1.29, 1.82) is 0 Å². The molecule has 0 saturated heterocycles. The summed E-state index contributed by atoms with van der Waals surface area (Å²) in [5, 5.41) is 5.12. The maximum atomic E-state index is 2.39. The Morgan fingerprint density at radius 3 is 1.43 bits per heavy atom. The van der Waals surface area contributed by atoms with Gasteiger partial charge in [-0.2, -0.15) is 0 Å². The number of anilines is 3. The average molecular weight is 782 g/mol. The van der Waals surface area contributed by atoms with Crippen molar-refractivity contribution in [1.82, 2.24) is 0 Å². The quantitative estimate of drug-likeness (QED) is 0.148. The highest BCUT2D eigenvalue weighted by atomic mass is 32.1. The molecule has 1 nitrogen and oxygen atoms in total. The number of fused-ring (bicyclic) bond motifs is 4. The van der Waals surface area contributed by atoms with E-state index in [1.54, 1.807) is 0 Å². The van der Waals surface area contributed by atoms with Gasteiger partial charge in [0.2, 0.25) is 0 Å². The van der Waals surface area contributed by atoms with Crippen LogP contribution in [0.4, 0.5) is 17.1 Å². The summed E-state index contributed by atoms with van der Waals surface area (Å²) < 4.78 is 2.65. The van der Waals surface area contributed by atoms with Crippen LogP contribution in [0.15, 0.2) is 237 Å². The number of rotatable bonds is 8. The zero-order chi connectivity index (χ0) is 39.8. The van der Waals surface area contributed by atoms with Crippen molar-refractivity contribution in [3.63, 3.8) is 0 Å². The first-order valence-electron chi connectivity index (χ1n) is 20.5. The maximum absolute atomic E-state index is 2.39. The van der Waals surface area contributed by atoms with Gasteiger partial charge in [-0.25, -0.2) is 0 Å². The Morgan fingerprint density at radius 2 is 0.750 bits per heavy atom. The molecular formula is C58H39NS. The monoisotopic (exact) mass is 781 g/mol. The highest BCUT2D eigenvalue weighted by molar-refractivity contribution is 7.26. The normalized spacial score (nSPS) is 11.3. The SMILES string of the molecule is c1ccc(-c2cc(-c3ccccc3)cc(-c3ccc(N(c4ccc(-c5cccc6c5sc5ccccc56)cc4)c4cccc(-c5cccc6ccccc56)c4)cc3)c2)cc1. The smallest absolute Gasteiger partial charge is 0.0467 e. The molecule has 0 aliphatic heterocycles. The Balaban J connectivity index is 1.02. The Labute approximate surface area is 354 Å². The van der Waals surface area contributed by atoms with E-state index in [0.717, 1.165) is 17.1 Å². The van der Waals surface area contributed by atoms with Gasteiger partial charge in [0.15, 0.2) is 0 Å². The fourth-order valence-electron chi connectivity index (χ4n) is 8.69. The Hall–Kier alpha value is -7.52. The summed E-state index contributed by atoms with van der Waals surface area (Å²) in [7, 11) is 0. The molecule has 60 heavy (non-hydrogen) atoms. The molecule has 0 aliphatic carbocycles. The van der Waals surface area contributed by atoms with Gasteiger partial charge in [-0.3, -0.25) is 0 Å². The summed E-state index contributed by atoms with van der Waals surface area (Å²) >= 11 is 1.88. The topological polar surface area (TPSA) is 3.24 Å². The van der Waals surface area contributed by atoms with E-state index in [-0.39, 0.29) is 0 Å². The third-order valence-electron chi connectivity index (χ3n) is 11.7. The van der Waals surface area contributed by atoms with Gasteiger partial charge in [0.05, 0.1) is 0 Å². The molecule has 282 valence electrons. The van der Waals surface area contributed by atoms with E-state index < -0.39 is 0 Å². The van der Waals surface area contributed by atoms with E-state index in [9.17, 15) is 0 Å². The van der Waals surface area contributed by atoms with Gasteiger partial charge in [-0.15, -0.1) is 11.3 Å². The second-order valence-corrected chi connectivity index (χ2v) is 16.4. The summed E-state index contributed by atoms with van der Waals surface area (Å²) in [4.78, 5) is 2.39. The predicted molar refractivity (Wildman–Crippen MR) is 259 cm³/mol. The van der Waals surface area contributed by atoms with Gasteiger partial charge >= 0.3 is 0 Å². The highest BCUT2D eigenvalue weighted by Gasteiger charge is 2.17. The largest absolute Gasteiger partial charge is 0.310 e. The van der Waals surface area contributed by atoms with Crippen LogP contribution in [0.3, 0.4) is 0 Å². The van der Waals surface area contributed by atoms with E-state index in [2.05, 4.69) is 241 Å². The molecule has 0 fully saturated rings. The number of benzene rings is 10. The van der Waals surface area contributed by atoms with E-state index in [0.29, 0.717) is 0 Å². The van der Waals surface area contributed by atoms with Crippen molar-refractivity contribution in [2.24, 2.45) is 0 Å². The minimum Gasteiger partial charge on any atom is -0.310 e. The minimum atomic E-state index is 1.09. The van der Waals surface area contributed by atoms with Crippen molar-refractivity contribution in [2.75, 3.05) is 4.90 Å². The number of thiophene rings is 1. The van der Waals surface area contributed by atoms with Crippen molar-refractivity contribution in [2.45, 2.75) is 0 Å². The summed E-state index contributed by atoms with van der Waals surface area (Å²) in [5.74, 6) is 0. The summed E-state index contributed by atoms with van der Waals surface area (Å²) in [6, 6.07) is 86.1. The van der Waals surface area contributed by atoms with Crippen LogP contribution >= 0.6 is 11.3 Å². The second kappa shape index (κ2) is 15.3. The molecule has 1 heterocycles. The molecule has 0 radical (unpaired) electrons. The molecular weight excluding hydrogens is 743 g/mol. The molecule has 10 aromatic carbocycles.